The zero-order valence-electron chi connectivity index (χ0n) is 2.42. The molecule has 6 heteroatoms. The van der Waals surface area contributed by atoms with E-state index in [9.17, 15) is 0 Å². The monoisotopic (exact) mass is 224 g/mol. The molecule has 0 aliphatic heterocycles. The minimum Gasteiger partial charge on any atom is -1.00 e. The first-order valence-corrected chi connectivity index (χ1v) is 0. The fourth-order valence-electron chi connectivity index (χ4n) is 0. The minimum atomic E-state index is 0. The molecule has 0 N–H and O–H groups in total. The van der Waals surface area contributed by atoms with Crippen molar-refractivity contribution in [3.8, 4) is 0 Å². The van der Waals surface area contributed by atoms with Crippen LogP contribution in [0.2, 0.25) is 0 Å². The Kier molecular flexibility index (Phi) is 867. The Balaban J connectivity index is 0. The molecule has 0 nitrogen and oxygen atoms in total. The van der Waals surface area contributed by atoms with E-state index in [1.54, 1.807) is 0 Å². The fourth-order valence-corrected chi connectivity index (χ4v) is 0. The van der Waals surface area contributed by atoms with E-state index in [0.717, 1.165) is 0 Å². The predicted octanol–water partition coefficient (Wildman–Crippen LogP) is -11.6. The molecule has 0 amide bonds. The summed E-state index contributed by atoms with van der Waals surface area (Å²) in [6.45, 7) is 0. The van der Waals surface area contributed by atoms with E-state index in [0.29, 0.717) is 0 Å². The van der Waals surface area contributed by atoms with Crippen molar-refractivity contribution < 1.29 is 71.3 Å². The maximum atomic E-state index is 0. The van der Waals surface area contributed by atoms with Crippen LogP contribution in [0.4, 0.5) is 0 Å². The Morgan fingerprint density at radius 1 is 0.500 bits per heavy atom. The van der Waals surface area contributed by atoms with Gasteiger partial charge in [0, 0.05) is 0 Å². The van der Waals surface area contributed by atoms with Crippen LogP contribution in [-0.4, -0.2) is 0 Å². The van der Waals surface area contributed by atoms with E-state index in [1.807, 2.05) is 0 Å². The van der Waals surface area contributed by atoms with Crippen molar-refractivity contribution in [2.75, 3.05) is 0 Å². The summed E-state index contributed by atoms with van der Waals surface area (Å²) in [7, 11) is 0. The molecule has 0 heterocycles. The van der Waals surface area contributed by atoms with Crippen LogP contribution in [0.1, 0.15) is 0 Å². The first-order chi connectivity index (χ1) is 0. The van der Waals surface area contributed by atoms with Crippen LogP contribution in [0.15, 0.2) is 0 Å². The Bertz CT molecular complexity index is 3.90. The van der Waals surface area contributed by atoms with E-state index in [1.165, 1.54) is 0 Å². The van der Waals surface area contributed by atoms with Crippen LogP contribution < -0.4 is 49.6 Å². The van der Waals surface area contributed by atoms with Crippen LogP contribution in [0.3, 0.4) is 0 Å². The van der Waals surface area contributed by atoms with Crippen LogP contribution in [0.25, 0.3) is 0 Å². The SMILES string of the molecule is Cl.[Cl-].[Cl-].[Cl-].[Cl-].[Ti+4]. The minimum absolute atomic E-state index is 0. The Morgan fingerprint density at radius 2 is 0.500 bits per heavy atom. The van der Waals surface area contributed by atoms with Crippen molar-refractivity contribution in [2.24, 2.45) is 0 Å². The number of hydrogen-bond acceptors (Lipinski definition) is 0. The summed E-state index contributed by atoms with van der Waals surface area (Å²) in [6.07, 6.45) is 0. The summed E-state index contributed by atoms with van der Waals surface area (Å²) in [5.41, 5.74) is 0. The molecule has 0 aromatic carbocycles. The van der Waals surface area contributed by atoms with Gasteiger partial charge in [-0.25, -0.2) is 0 Å². The van der Waals surface area contributed by atoms with Gasteiger partial charge in [-0.2, -0.15) is 0 Å². The quantitative estimate of drug-likeness (QED) is 0.360. The summed E-state index contributed by atoms with van der Waals surface area (Å²) < 4.78 is 0. The zero-order chi connectivity index (χ0) is 0. The Labute approximate surface area is 83.1 Å². The molecule has 0 aromatic rings. The topological polar surface area (TPSA) is 0 Å². The van der Waals surface area contributed by atoms with Crippen molar-refractivity contribution in [3.63, 3.8) is 0 Å². The average Bonchev–Trinajstić information content (AvgIpc) is 0. The van der Waals surface area contributed by atoms with Gasteiger partial charge in [0.05, 0.1) is 0 Å². The van der Waals surface area contributed by atoms with Crippen molar-refractivity contribution in [3.05, 3.63) is 0 Å². The van der Waals surface area contributed by atoms with Gasteiger partial charge in [-0.1, -0.05) is 0 Å². The Hall–Kier alpha value is 2.16. The summed E-state index contributed by atoms with van der Waals surface area (Å²) in [4.78, 5) is 0. The van der Waals surface area contributed by atoms with Crippen molar-refractivity contribution in [1.82, 2.24) is 0 Å². The predicted molar refractivity (Wildman–Crippen MR) is 7.25 cm³/mol. The first-order valence-electron chi connectivity index (χ1n) is 0. The maximum Gasteiger partial charge on any atom is 4.00 e. The molecule has 0 saturated carbocycles. The number of halogens is 5. The van der Waals surface area contributed by atoms with Crippen LogP contribution in [0, 0.1) is 0 Å². The molecule has 0 aliphatic carbocycles. The van der Waals surface area contributed by atoms with E-state index >= 15 is 0 Å². The standard InChI is InChI=1S/5ClH.Ti/h5*1H;/q;;;;;+4/p-4. The van der Waals surface area contributed by atoms with Gasteiger partial charge in [-0.05, 0) is 0 Å². The smallest absolute Gasteiger partial charge is 1.00 e. The van der Waals surface area contributed by atoms with Crippen molar-refractivity contribution in [2.45, 2.75) is 0 Å². The molecule has 0 rings (SSSR count). The molecule has 0 bridgehead atoms. The van der Waals surface area contributed by atoms with E-state index < -0.39 is 0 Å². The zero-order valence-corrected chi connectivity index (χ0v) is 7.82. The second kappa shape index (κ2) is 58.1. The van der Waals surface area contributed by atoms with Gasteiger partial charge >= 0.3 is 21.7 Å². The third-order valence-electron chi connectivity index (χ3n) is 0. The van der Waals surface area contributed by atoms with E-state index in [2.05, 4.69) is 0 Å². The molecule has 0 unspecified atom stereocenters. The molecule has 0 saturated heterocycles. The molecule has 0 aliphatic rings. The third-order valence-corrected chi connectivity index (χ3v) is 0. The molecule has 0 spiro atoms. The maximum absolute atomic E-state index is 0. The van der Waals surface area contributed by atoms with Gasteiger partial charge in [0.15, 0.2) is 0 Å². The van der Waals surface area contributed by atoms with E-state index in [-0.39, 0.29) is 83.8 Å². The van der Waals surface area contributed by atoms with Gasteiger partial charge in [0.1, 0.15) is 0 Å². The summed E-state index contributed by atoms with van der Waals surface area (Å²) in [5.74, 6) is 0. The molecule has 6 heavy (non-hydrogen) atoms. The van der Waals surface area contributed by atoms with Crippen LogP contribution >= 0.6 is 12.4 Å². The van der Waals surface area contributed by atoms with Crippen LogP contribution in [-0.2, 0) is 21.7 Å². The largest absolute Gasteiger partial charge is 4.00 e. The molecule has 40 valence electrons. The van der Waals surface area contributed by atoms with Gasteiger partial charge in [0.2, 0.25) is 0 Å². The van der Waals surface area contributed by atoms with Gasteiger partial charge in [-0.15, -0.1) is 12.4 Å². The summed E-state index contributed by atoms with van der Waals surface area (Å²) in [5, 5.41) is 0. The first kappa shape index (κ1) is 89.5. The molecule has 0 fully saturated rings. The van der Waals surface area contributed by atoms with E-state index in [4.69, 9.17) is 0 Å². The second-order valence-electron chi connectivity index (χ2n) is 0. The normalized spacial score (nSPS) is 0. The van der Waals surface area contributed by atoms with Gasteiger partial charge < -0.3 is 49.6 Å². The summed E-state index contributed by atoms with van der Waals surface area (Å²) in [6, 6.07) is 0. The average molecular weight is 226 g/mol. The van der Waals surface area contributed by atoms with Gasteiger partial charge in [-0.3, -0.25) is 0 Å². The van der Waals surface area contributed by atoms with Crippen LogP contribution in [0.5, 0.6) is 0 Å². The van der Waals surface area contributed by atoms with Crippen molar-refractivity contribution >= 4 is 12.4 Å². The molecule has 0 radical (unpaired) electrons. The Morgan fingerprint density at radius 3 is 0.500 bits per heavy atom. The third kappa shape index (κ3) is 35.1. The molecule has 0 atom stereocenters. The summed E-state index contributed by atoms with van der Waals surface area (Å²) >= 11 is 0. The molecular formula is HCl5Ti. The van der Waals surface area contributed by atoms with Gasteiger partial charge in [0.25, 0.3) is 0 Å². The molecular weight excluding hydrogens is 225 g/mol. The number of rotatable bonds is 0. The number of hydrogen-bond donors (Lipinski definition) is 0. The van der Waals surface area contributed by atoms with Crippen molar-refractivity contribution in [1.29, 1.82) is 0 Å². The fraction of sp³-hybridized carbons (Fsp3) is 0. The second-order valence-corrected chi connectivity index (χ2v) is 0. The molecule has 0 aromatic heterocycles.